The maximum atomic E-state index is 13.2. The van der Waals surface area contributed by atoms with E-state index >= 15 is 0 Å². The summed E-state index contributed by atoms with van der Waals surface area (Å²) >= 11 is 1.36. The Kier molecular flexibility index (Phi) is 6.06. The van der Waals surface area contributed by atoms with Gasteiger partial charge in [0.25, 0.3) is 5.91 Å². The highest BCUT2D eigenvalue weighted by Crippen LogP contribution is 2.44. The molecule has 8 heteroatoms. The third-order valence-electron chi connectivity index (χ3n) is 6.53. The molecule has 2 atom stereocenters. The molecule has 2 aliphatic rings. The standard InChI is InChI=1S/C26H24N2O5S/c29-24(28-12-11-16(14-28)25(30)31)23(22-10-5-13-34-22)27-26(32)33-15-21-19-8-3-1-6-17(19)18-7-2-4-9-20(18)21/h1-10,13,16,21,23H,11-12,14-15H2,(H,27,32)(H,30,31). The molecular weight excluding hydrogens is 452 g/mol. The second-order valence-electron chi connectivity index (χ2n) is 8.53. The molecule has 174 valence electrons. The maximum absolute atomic E-state index is 13.2. The first-order valence-electron chi connectivity index (χ1n) is 11.2. The Balaban J connectivity index is 1.29. The van der Waals surface area contributed by atoms with Crippen molar-refractivity contribution < 1.29 is 24.2 Å². The molecule has 2 unspecified atom stereocenters. The van der Waals surface area contributed by atoms with Crippen LogP contribution in [0.5, 0.6) is 0 Å². The molecule has 1 aliphatic heterocycles. The van der Waals surface area contributed by atoms with Gasteiger partial charge in [-0.3, -0.25) is 9.59 Å². The predicted molar refractivity (Wildman–Crippen MR) is 128 cm³/mol. The zero-order chi connectivity index (χ0) is 23.7. The number of benzene rings is 2. The van der Waals surface area contributed by atoms with Gasteiger partial charge in [0.1, 0.15) is 12.6 Å². The van der Waals surface area contributed by atoms with Crippen molar-refractivity contribution in [1.29, 1.82) is 0 Å². The summed E-state index contributed by atoms with van der Waals surface area (Å²) in [5, 5.41) is 13.8. The van der Waals surface area contributed by atoms with Crippen molar-refractivity contribution in [3.63, 3.8) is 0 Å². The number of carbonyl (C=O) groups is 3. The van der Waals surface area contributed by atoms with Crippen LogP contribution in [0.1, 0.15) is 34.4 Å². The molecule has 34 heavy (non-hydrogen) atoms. The molecule has 1 saturated heterocycles. The van der Waals surface area contributed by atoms with Crippen LogP contribution in [0.25, 0.3) is 11.1 Å². The first-order chi connectivity index (χ1) is 16.5. The van der Waals surface area contributed by atoms with Gasteiger partial charge >= 0.3 is 12.1 Å². The largest absolute Gasteiger partial charge is 0.481 e. The number of ether oxygens (including phenoxy) is 1. The van der Waals surface area contributed by atoms with E-state index in [4.69, 9.17) is 4.74 Å². The van der Waals surface area contributed by atoms with Gasteiger partial charge in [-0.1, -0.05) is 54.6 Å². The molecule has 0 saturated carbocycles. The summed E-state index contributed by atoms with van der Waals surface area (Å²) in [6.45, 7) is 0.641. The van der Waals surface area contributed by atoms with Crippen LogP contribution in [-0.4, -0.2) is 47.7 Å². The summed E-state index contributed by atoms with van der Waals surface area (Å²) in [6.07, 6.45) is -0.272. The van der Waals surface area contributed by atoms with E-state index in [0.29, 0.717) is 17.8 Å². The molecule has 2 heterocycles. The summed E-state index contributed by atoms with van der Waals surface area (Å²) < 4.78 is 5.63. The van der Waals surface area contributed by atoms with Crippen molar-refractivity contribution in [2.45, 2.75) is 18.4 Å². The number of hydrogen-bond donors (Lipinski definition) is 2. The Hall–Kier alpha value is -3.65. The topological polar surface area (TPSA) is 95.9 Å². The number of nitrogens with one attached hydrogen (secondary N) is 1. The molecule has 7 nitrogen and oxygen atoms in total. The molecule has 2 amide bonds. The minimum atomic E-state index is -0.914. The van der Waals surface area contributed by atoms with Gasteiger partial charge in [0.15, 0.2) is 0 Å². The summed E-state index contributed by atoms with van der Waals surface area (Å²) in [5.41, 5.74) is 4.50. The third-order valence-corrected chi connectivity index (χ3v) is 7.47. The highest BCUT2D eigenvalue weighted by atomic mass is 32.1. The second-order valence-corrected chi connectivity index (χ2v) is 9.51. The molecule has 2 aromatic carbocycles. The minimum absolute atomic E-state index is 0.0797. The average Bonchev–Trinajstić information content (AvgIpc) is 3.60. The maximum Gasteiger partial charge on any atom is 0.408 e. The number of rotatable bonds is 6. The first-order valence-corrected chi connectivity index (χ1v) is 12.1. The molecule has 0 bridgehead atoms. The number of amides is 2. The highest BCUT2D eigenvalue weighted by molar-refractivity contribution is 7.10. The van der Waals surface area contributed by atoms with E-state index in [9.17, 15) is 19.5 Å². The molecule has 3 aromatic rings. The van der Waals surface area contributed by atoms with Crippen molar-refractivity contribution in [3.05, 3.63) is 82.0 Å². The van der Waals surface area contributed by atoms with Crippen molar-refractivity contribution >= 4 is 29.3 Å². The van der Waals surface area contributed by atoms with Gasteiger partial charge in [0.05, 0.1) is 5.92 Å². The Labute approximate surface area is 201 Å². The van der Waals surface area contributed by atoms with Gasteiger partial charge in [-0.2, -0.15) is 0 Å². The van der Waals surface area contributed by atoms with E-state index < -0.39 is 24.0 Å². The quantitative estimate of drug-likeness (QED) is 0.554. The first kappa shape index (κ1) is 22.2. The molecule has 1 fully saturated rings. The van der Waals surface area contributed by atoms with Crippen LogP contribution in [0.15, 0.2) is 66.0 Å². The van der Waals surface area contributed by atoms with E-state index in [-0.39, 0.29) is 25.0 Å². The lowest BCUT2D eigenvalue weighted by Crippen LogP contribution is -2.42. The van der Waals surface area contributed by atoms with Gasteiger partial charge in [-0.05, 0) is 40.1 Å². The molecule has 0 spiro atoms. The fourth-order valence-electron chi connectivity index (χ4n) is 4.81. The number of carboxylic acids is 1. The Morgan fingerprint density at radius 1 is 1.03 bits per heavy atom. The highest BCUT2D eigenvalue weighted by Gasteiger charge is 2.36. The third kappa shape index (κ3) is 4.17. The van der Waals surface area contributed by atoms with Crippen molar-refractivity contribution in [2.75, 3.05) is 19.7 Å². The normalized spacial score (nSPS) is 17.6. The average molecular weight is 477 g/mol. The second kappa shape index (κ2) is 9.30. The summed E-state index contributed by atoms with van der Waals surface area (Å²) in [4.78, 5) is 39.5. The number of aliphatic carboxylic acids is 1. The van der Waals surface area contributed by atoms with E-state index in [2.05, 4.69) is 17.4 Å². The van der Waals surface area contributed by atoms with Crippen LogP contribution in [0.4, 0.5) is 4.79 Å². The van der Waals surface area contributed by atoms with E-state index in [1.165, 1.54) is 16.2 Å². The fraction of sp³-hybridized carbons (Fsp3) is 0.269. The lowest BCUT2D eigenvalue weighted by atomic mass is 9.98. The van der Waals surface area contributed by atoms with Gasteiger partial charge < -0.3 is 20.1 Å². The smallest absolute Gasteiger partial charge is 0.408 e. The Morgan fingerprint density at radius 2 is 1.71 bits per heavy atom. The number of alkyl carbamates (subject to hydrolysis) is 1. The zero-order valence-electron chi connectivity index (χ0n) is 18.3. The van der Waals surface area contributed by atoms with Crippen LogP contribution >= 0.6 is 11.3 Å². The monoisotopic (exact) mass is 476 g/mol. The van der Waals surface area contributed by atoms with Gasteiger partial charge in [-0.15, -0.1) is 11.3 Å². The van der Waals surface area contributed by atoms with Crippen LogP contribution in [0, 0.1) is 5.92 Å². The zero-order valence-corrected chi connectivity index (χ0v) is 19.2. The number of carbonyl (C=O) groups excluding carboxylic acids is 2. The van der Waals surface area contributed by atoms with Crippen LogP contribution in [0.2, 0.25) is 0 Å². The summed E-state index contributed by atoms with van der Waals surface area (Å²) in [7, 11) is 0. The number of carboxylic acid groups (broad SMARTS) is 1. The van der Waals surface area contributed by atoms with E-state index in [1.54, 1.807) is 6.07 Å². The molecule has 2 N–H and O–H groups in total. The summed E-state index contributed by atoms with van der Waals surface area (Å²) in [6, 6.07) is 18.9. The van der Waals surface area contributed by atoms with Crippen molar-refractivity contribution in [2.24, 2.45) is 5.92 Å². The van der Waals surface area contributed by atoms with Gasteiger partial charge in [-0.25, -0.2) is 4.79 Å². The number of fused-ring (bicyclic) bond motifs is 3. The van der Waals surface area contributed by atoms with Crippen LogP contribution in [0.3, 0.4) is 0 Å². The van der Waals surface area contributed by atoms with Gasteiger partial charge in [0, 0.05) is 23.9 Å². The lowest BCUT2D eigenvalue weighted by molar-refractivity contribution is -0.141. The molecule has 1 aliphatic carbocycles. The van der Waals surface area contributed by atoms with E-state index in [0.717, 1.165) is 22.3 Å². The molecule has 0 radical (unpaired) electrons. The molecule has 5 rings (SSSR count). The molecule has 1 aromatic heterocycles. The molecular formula is C26H24N2O5S. The summed E-state index contributed by atoms with van der Waals surface area (Å²) in [5.74, 6) is -1.89. The fourth-order valence-corrected chi connectivity index (χ4v) is 5.58. The predicted octanol–water partition coefficient (Wildman–Crippen LogP) is 4.26. The SMILES string of the molecule is O=C(NC(C(=O)N1CCC(C(=O)O)C1)c1cccs1)OCC1c2ccccc2-c2ccccc21. The Bertz CT molecular complexity index is 1180. The number of likely N-dealkylation sites (tertiary alicyclic amines) is 1. The lowest BCUT2D eigenvalue weighted by Gasteiger charge is -2.24. The van der Waals surface area contributed by atoms with Gasteiger partial charge in [0.2, 0.25) is 0 Å². The minimum Gasteiger partial charge on any atom is -0.481 e. The van der Waals surface area contributed by atoms with E-state index in [1.807, 2.05) is 47.8 Å². The van der Waals surface area contributed by atoms with Crippen molar-refractivity contribution in [1.82, 2.24) is 10.2 Å². The number of hydrogen-bond acceptors (Lipinski definition) is 5. The van der Waals surface area contributed by atoms with Crippen molar-refractivity contribution in [3.8, 4) is 11.1 Å². The number of nitrogens with zero attached hydrogens (tertiary/aromatic N) is 1. The van der Waals surface area contributed by atoms with Crippen LogP contribution in [-0.2, 0) is 14.3 Å². The Morgan fingerprint density at radius 3 is 2.29 bits per heavy atom. The van der Waals surface area contributed by atoms with Crippen LogP contribution < -0.4 is 5.32 Å². The number of thiophene rings is 1.